The van der Waals surface area contributed by atoms with E-state index in [4.69, 9.17) is 11.5 Å². The average Bonchev–Trinajstić information content (AvgIpc) is 2.86. The molecule has 0 aromatic carbocycles. The Morgan fingerprint density at radius 1 is 0.694 bits per heavy atom. The number of hydrogen-bond acceptors (Lipinski definition) is 14. The highest BCUT2D eigenvalue weighted by molar-refractivity contribution is 5.89. The topological polar surface area (TPSA) is 256 Å². The summed E-state index contributed by atoms with van der Waals surface area (Å²) in [5.74, 6) is -6.44. The van der Waals surface area contributed by atoms with Crippen LogP contribution in [0.25, 0.3) is 0 Å². The van der Waals surface area contributed by atoms with Crippen LogP contribution in [0.2, 0.25) is 0 Å². The molecule has 0 radical (unpaired) electrons. The number of nitrogens with one attached hydrogen (secondary N) is 2. The standard InChI is InChI=1S/C20H30N4O12/c1-11(17(29)33-35-19(31)15(27)23-13(25)9-21)7-5-3-4-6-8-12(2)18(30)34-36-20(32)16(28)24-14(26)10-22/h7-8,15-16,27-28H,3-6,9-10,21-22H2,1-2H3,(H,23,25)(H,24,26)/b11-7+,12-8+. The quantitative estimate of drug-likeness (QED) is 0.0474. The number of aliphatic hydroxyl groups is 2. The van der Waals surface area contributed by atoms with Gasteiger partial charge in [-0.05, 0) is 39.5 Å². The maximum atomic E-state index is 11.8. The molecule has 16 nitrogen and oxygen atoms in total. The van der Waals surface area contributed by atoms with Crippen molar-refractivity contribution in [1.29, 1.82) is 0 Å². The second kappa shape index (κ2) is 17.6. The van der Waals surface area contributed by atoms with Crippen molar-refractivity contribution in [1.82, 2.24) is 10.6 Å². The fourth-order valence-corrected chi connectivity index (χ4v) is 2.01. The molecular formula is C20H30N4O12. The zero-order valence-electron chi connectivity index (χ0n) is 19.7. The van der Waals surface area contributed by atoms with Gasteiger partial charge in [-0.3, -0.25) is 9.59 Å². The van der Waals surface area contributed by atoms with E-state index in [9.17, 15) is 39.0 Å². The predicted molar refractivity (Wildman–Crippen MR) is 117 cm³/mol. The van der Waals surface area contributed by atoms with Crippen molar-refractivity contribution in [2.75, 3.05) is 13.1 Å². The SMILES string of the molecule is C/C(=C\CCCC/C=C(\C)C(=O)OOC(=O)C(O)NC(=O)CN)C(=O)OOC(=O)C(O)NC(=O)CN. The van der Waals surface area contributed by atoms with Crippen molar-refractivity contribution < 1.29 is 58.5 Å². The zero-order valence-corrected chi connectivity index (χ0v) is 19.7. The van der Waals surface area contributed by atoms with E-state index in [0.29, 0.717) is 25.7 Å². The summed E-state index contributed by atoms with van der Waals surface area (Å²) in [6.45, 7) is 1.87. The Morgan fingerprint density at radius 2 is 1.03 bits per heavy atom. The van der Waals surface area contributed by atoms with E-state index in [2.05, 4.69) is 19.6 Å². The van der Waals surface area contributed by atoms with E-state index in [0.717, 1.165) is 0 Å². The second-order valence-corrected chi connectivity index (χ2v) is 6.95. The summed E-state index contributed by atoms with van der Waals surface area (Å²) in [6.07, 6.45) is 0.995. The minimum absolute atomic E-state index is 0.116. The summed E-state index contributed by atoms with van der Waals surface area (Å²) in [5, 5.41) is 22.3. The van der Waals surface area contributed by atoms with Gasteiger partial charge in [0.1, 0.15) is 0 Å². The van der Waals surface area contributed by atoms with Crippen LogP contribution in [-0.2, 0) is 48.3 Å². The summed E-state index contributed by atoms with van der Waals surface area (Å²) in [4.78, 5) is 85.1. The summed E-state index contributed by atoms with van der Waals surface area (Å²) in [7, 11) is 0. The fraction of sp³-hybridized carbons (Fsp3) is 0.500. The summed E-state index contributed by atoms with van der Waals surface area (Å²) < 4.78 is 0. The van der Waals surface area contributed by atoms with Crippen molar-refractivity contribution in [3.05, 3.63) is 23.3 Å². The molecule has 36 heavy (non-hydrogen) atoms. The number of carbonyl (C=O) groups excluding carboxylic acids is 6. The van der Waals surface area contributed by atoms with E-state index < -0.39 is 61.2 Å². The minimum atomic E-state index is -2.05. The molecule has 2 amide bonds. The molecule has 2 unspecified atom stereocenters. The smallest absolute Gasteiger partial charge is 0.364 e. The van der Waals surface area contributed by atoms with Gasteiger partial charge >= 0.3 is 23.9 Å². The molecule has 0 aromatic rings. The van der Waals surface area contributed by atoms with Gasteiger partial charge < -0.3 is 32.3 Å². The molecule has 0 rings (SSSR count). The van der Waals surface area contributed by atoms with Crippen LogP contribution < -0.4 is 22.1 Å². The lowest BCUT2D eigenvalue weighted by Gasteiger charge is -2.10. The third kappa shape index (κ3) is 13.8. The Morgan fingerprint density at radius 3 is 1.33 bits per heavy atom. The van der Waals surface area contributed by atoms with Gasteiger partial charge in [0.25, 0.3) is 0 Å². The molecule has 0 aliphatic carbocycles. The molecule has 0 spiro atoms. The van der Waals surface area contributed by atoms with E-state index in [1.54, 1.807) is 10.6 Å². The molecule has 0 heterocycles. The largest absolute Gasteiger partial charge is 0.404 e. The van der Waals surface area contributed by atoms with Gasteiger partial charge in [0, 0.05) is 11.1 Å². The maximum Gasteiger partial charge on any atom is 0.404 e. The van der Waals surface area contributed by atoms with Crippen molar-refractivity contribution in [3.8, 4) is 0 Å². The molecule has 2 atom stereocenters. The highest BCUT2D eigenvalue weighted by Gasteiger charge is 2.23. The van der Waals surface area contributed by atoms with Crippen LogP contribution in [0.3, 0.4) is 0 Å². The summed E-state index contributed by atoms with van der Waals surface area (Å²) in [6, 6.07) is 0. The van der Waals surface area contributed by atoms with E-state index in [-0.39, 0.29) is 11.1 Å². The van der Waals surface area contributed by atoms with Crippen LogP contribution >= 0.6 is 0 Å². The normalized spacial score (nSPS) is 13.1. The summed E-state index contributed by atoms with van der Waals surface area (Å²) in [5.41, 5.74) is 10.2. The number of nitrogens with two attached hydrogens (primary N) is 2. The van der Waals surface area contributed by atoms with Crippen molar-refractivity contribution in [2.45, 2.75) is 52.0 Å². The van der Waals surface area contributed by atoms with Crippen molar-refractivity contribution in [3.63, 3.8) is 0 Å². The first kappa shape index (κ1) is 32.1. The lowest BCUT2D eigenvalue weighted by molar-refractivity contribution is -0.262. The number of allylic oxidation sites excluding steroid dienone is 2. The van der Waals surface area contributed by atoms with Crippen LogP contribution in [0, 0.1) is 0 Å². The fourth-order valence-electron chi connectivity index (χ4n) is 2.01. The Labute approximate surface area is 205 Å². The Balaban J connectivity index is 4.26. The van der Waals surface area contributed by atoms with Crippen LogP contribution in [0.15, 0.2) is 23.3 Å². The van der Waals surface area contributed by atoms with Crippen LogP contribution in [0.4, 0.5) is 0 Å². The molecule has 8 N–H and O–H groups in total. The number of carbonyl (C=O) groups is 6. The molecule has 0 aliphatic heterocycles. The molecule has 0 bridgehead atoms. The van der Waals surface area contributed by atoms with Crippen molar-refractivity contribution in [2.24, 2.45) is 11.5 Å². The van der Waals surface area contributed by atoms with Gasteiger partial charge in [0.2, 0.25) is 24.3 Å². The zero-order chi connectivity index (χ0) is 27.7. The summed E-state index contributed by atoms with van der Waals surface area (Å²) >= 11 is 0. The Bertz CT molecular complexity index is 801. The lowest BCUT2D eigenvalue weighted by Crippen LogP contribution is -2.44. The lowest BCUT2D eigenvalue weighted by atomic mass is 10.1. The molecule has 0 fully saturated rings. The molecular weight excluding hydrogens is 488 g/mol. The molecule has 16 heteroatoms. The maximum absolute atomic E-state index is 11.8. The number of amides is 2. The first-order valence-electron chi connectivity index (χ1n) is 10.5. The van der Waals surface area contributed by atoms with Gasteiger partial charge in [-0.1, -0.05) is 12.2 Å². The number of rotatable bonds is 13. The van der Waals surface area contributed by atoms with E-state index in [1.807, 2.05) is 0 Å². The first-order chi connectivity index (χ1) is 16.9. The Kier molecular flexibility index (Phi) is 15.7. The molecule has 0 saturated carbocycles. The van der Waals surface area contributed by atoms with Crippen molar-refractivity contribution >= 4 is 35.7 Å². The third-order valence-electron chi connectivity index (χ3n) is 4.01. The third-order valence-corrected chi connectivity index (χ3v) is 4.01. The first-order valence-corrected chi connectivity index (χ1v) is 10.5. The molecule has 0 saturated heterocycles. The molecule has 0 aromatic heterocycles. The van der Waals surface area contributed by atoms with Crippen LogP contribution in [-0.4, -0.2) is 71.4 Å². The van der Waals surface area contributed by atoms with E-state index in [1.165, 1.54) is 26.0 Å². The predicted octanol–water partition coefficient (Wildman–Crippen LogP) is -2.77. The minimum Gasteiger partial charge on any atom is -0.364 e. The Hall–Kier alpha value is -3.86. The van der Waals surface area contributed by atoms with Gasteiger partial charge in [-0.2, -0.15) is 0 Å². The molecule has 202 valence electrons. The van der Waals surface area contributed by atoms with E-state index >= 15 is 0 Å². The van der Waals surface area contributed by atoms with Gasteiger partial charge in [0.05, 0.1) is 13.1 Å². The van der Waals surface area contributed by atoms with Gasteiger partial charge in [-0.25, -0.2) is 38.7 Å². The monoisotopic (exact) mass is 518 g/mol. The number of hydrogen-bond donors (Lipinski definition) is 6. The number of aliphatic hydroxyl groups excluding tert-OH is 2. The molecule has 0 aliphatic rings. The highest BCUT2D eigenvalue weighted by Crippen LogP contribution is 2.08. The average molecular weight is 518 g/mol. The highest BCUT2D eigenvalue weighted by atomic mass is 17.2. The van der Waals surface area contributed by atoms with Crippen LogP contribution in [0.1, 0.15) is 39.5 Å². The number of unbranched alkanes of at least 4 members (excludes halogenated alkanes) is 3. The second-order valence-electron chi connectivity index (χ2n) is 6.95. The van der Waals surface area contributed by atoms with Gasteiger partial charge in [-0.15, -0.1) is 0 Å². The van der Waals surface area contributed by atoms with Gasteiger partial charge in [0.15, 0.2) is 0 Å². The van der Waals surface area contributed by atoms with Crippen LogP contribution in [0.5, 0.6) is 0 Å².